The van der Waals surface area contributed by atoms with E-state index in [9.17, 15) is 9.59 Å². The van der Waals surface area contributed by atoms with E-state index in [0.717, 1.165) is 36.8 Å². The van der Waals surface area contributed by atoms with Gasteiger partial charge < -0.3 is 14.2 Å². The standard InChI is InChI=1S/C26H26ClNO5S2/c1-31-22-13-18(9-12-21(22)32-16-17-7-10-19(27)11-8-17)14-23-25(30)28(26(34)35-23)15-24(29)33-20-5-3-2-4-6-20/h7-14,20H,2-6,15-16H2,1H3/b23-14-. The quantitative estimate of drug-likeness (QED) is 0.235. The summed E-state index contributed by atoms with van der Waals surface area (Å²) < 4.78 is 17.3. The number of benzene rings is 2. The van der Waals surface area contributed by atoms with E-state index in [0.29, 0.717) is 32.4 Å². The summed E-state index contributed by atoms with van der Waals surface area (Å²) in [5.74, 6) is 0.401. The van der Waals surface area contributed by atoms with Crippen LogP contribution in [0.3, 0.4) is 0 Å². The summed E-state index contributed by atoms with van der Waals surface area (Å²) in [6.07, 6.45) is 6.74. The first-order valence-electron chi connectivity index (χ1n) is 11.4. The van der Waals surface area contributed by atoms with Crippen molar-refractivity contribution in [2.75, 3.05) is 13.7 Å². The number of hydrogen-bond donors (Lipinski definition) is 0. The number of hydrogen-bond acceptors (Lipinski definition) is 7. The third-order valence-electron chi connectivity index (χ3n) is 5.80. The number of esters is 1. The Kier molecular flexibility index (Phi) is 8.70. The summed E-state index contributed by atoms with van der Waals surface area (Å²) in [6.45, 7) is 0.196. The number of thiocarbonyl (C=S) groups is 1. The highest BCUT2D eigenvalue weighted by Crippen LogP contribution is 2.35. The van der Waals surface area contributed by atoms with Gasteiger partial charge in [-0.1, -0.05) is 60.2 Å². The molecule has 4 rings (SSSR count). The van der Waals surface area contributed by atoms with Crippen LogP contribution in [0.4, 0.5) is 0 Å². The average Bonchev–Trinajstić information content (AvgIpc) is 3.12. The van der Waals surface area contributed by atoms with E-state index in [2.05, 4.69) is 0 Å². The number of rotatable bonds is 8. The molecule has 2 aromatic carbocycles. The summed E-state index contributed by atoms with van der Waals surface area (Å²) in [5.41, 5.74) is 1.73. The fourth-order valence-electron chi connectivity index (χ4n) is 3.96. The van der Waals surface area contributed by atoms with Gasteiger partial charge in [-0.15, -0.1) is 0 Å². The predicted molar refractivity (Wildman–Crippen MR) is 142 cm³/mol. The van der Waals surface area contributed by atoms with Crippen molar-refractivity contribution >= 4 is 57.9 Å². The molecule has 2 fully saturated rings. The van der Waals surface area contributed by atoms with Crippen LogP contribution in [0.2, 0.25) is 5.02 Å². The van der Waals surface area contributed by atoms with Crippen molar-refractivity contribution in [3.05, 3.63) is 63.5 Å². The van der Waals surface area contributed by atoms with Crippen LogP contribution in [0.15, 0.2) is 47.4 Å². The van der Waals surface area contributed by atoms with Gasteiger partial charge in [-0.3, -0.25) is 14.5 Å². The Labute approximate surface area is 219 Å². The van der Waals surface area contributed by atoms with Gasteiger partial charge >= 0.3 is 5.97 Å². The Morgan fingerprint density at radius 2 is 1.89 bits per heavy atom. The third-order valence-corrected chi connectivity index (χ3v) is 7.43. The van der Waals surface area contributed by atoms with Crippen LogP contribution in [-0.4, -0.2) is 40.9 Å². The zero-order valence-corrected chi connectivity index (χ0v) is 21.7. The molecule has 0 N–H and O–H groups in total. The predicted octanol–water partition coefficient (Wildman–Crippen LogP) is 6.00. The topological polar surface area (TPSA) is 65.1 Å². The molecule has 6 nitrogen and oxygen atoms in total. The first kappa shape index (κ1) is 25.5. The molecule has 1 saturated carbocycles. The molecular formula is C26H26ClNO5S2. The second-order valence-electron chi connectivity index (χ2n) is 8.34. The number of nitrogens with zero attached hydrogens (tertiary/aromatic N) is 1. The fraction of sp³-hybridized carbons (Fsp3) is 0.346. The molecule has 1 aliphatic carbocycles. The minimum absolute atomic E-state index is 0.0573. The van der Waals surface area contributed by atoms with Crippen molar-refractivity contribution in [3.8, 4) is 11.5 Å². The molecule has 1 aliphatic heterocycles. The lowest BCUT2D eigenvalue weighted by atomic mass is 9.98. The highest BCUT2D eigenvalue weighted by atomic mass is 35.5. The van der Waals surface area contributed by atoms with Crippen LogP contribution < -0.4 is 9.47 Å². The van der Waals surface area contributed by atoms with E-state index in [1.54, 1.807) is 25.3 Å². The Morgan fingerprint density at radius 3 is 2.60 bits per heavy atom. The van der Waals surface area contributed by atoms with E-state index < -0.39 is 5.97 Å². The van der Waals surface area contributed by atoms with Crippen LogP contribution in [0.25, 0.3) is 6.08 Å². The normalized spacial score (nSPS) is 17.7. The van der Waals surface area contributed by atoms with E-state index in [1.165, 1.54) is 23.1 Å². The second kappa shape index (κ2) is 11.9. The molecule has 0 spiro atoms. The molecule has 0 unspecified atom stereocenters. The van der Waals surface area contributed by atoms with Gasteiger partial charge in [-0.25, -0.2) is 0 Å². The van der Waals surface area contributed by atoms with Gasteiger partial charge in [-0.05, 0) is 67.2 Å². The number of thioether (sulfide) groups is 1. The van der Waals surface area contributed by atoms with Crippen molar-refractivity contribution < 1.29 is 23.8 Å². The molecule has 0 atom stereocenters. The molecule has 0 radical (unpaired) electrons. The van der Waals surface area contributed by atoms with E-state index in [4.69, 9.17) is 38.0 Å². The van der Waals surface area contributed by atoms with Crippen LogP contribution in [-0.2, 0) is 20.9 Å². The van der Waals surface area contributed by atoms with Crippen molar-refractivity contribution in [1.82, 2.24) is 4.90 Å². The number of ether oxygens (including phenoxy) is 3. The average molecular weight is 532 g/mol. The maximum Gasteiger partial charge on any atom is 0.326 e. The zero-order chi connectivity index (χ0) is 24.8. The smallest absolute Gasteiger partial charge is 0.326 e. The van der Waals surface area contributed by atoms with Gasteiger partial charge in [0.1, 0.15) is 23.6 Å². The van der Waals surface area contributed by atoms with Crippen LogP contribution in [0, 0.1) is 0 Å². The number of halogens is 1. The summed E-state index contributed by atoms with van der Waals surface area (Å²) in [4.78, 5) is 27.1. The summed E-state index contributed by atoms with van der Waals surface area (Å²) in [6, 6.07) is 12.8. The molecule has 1 amide bonds. The summed E-state index contributed by atoms with van der Waals surface area (Å²) >= 11 is 12.5. The van der Waals surface area contributed by atoms with Crippen molar-refractivity contribution in [1.29, 1.82) is 0 Å². The summed E-state index contributed by atoms with van der Waals surface area (Å²) in [7, 11) is 1.56. The molecule has 35 heavy (non-hydrogen) atoms. The van der Waals surface area contributed by atoms with Gasteiger partial charge in [0.2, 0.25) is 0 Å². The lowest BCUT2D eigenvalue weighted by molar-refractivity contribution is -0.152. The lowest BCUT2D eigenvalue weighted by Gasteiger charge is -2.23. The first-order valence-corrected chi connectivity index (χ1v) is 13.0. The van der Waals surface area contributed by atoms with Crippen molar-refractivity contribution in [3.63, 3.8) is 0 Å². The number of carbonyl (C=O) groups excluding carboxylic acids is 2. The van der Waals surface area contributed by atoms with Gasteiger partial charge in [0, 0.05) is 5.02 Å². The maximum atomic E-state index is 12.9. The minimum atomic E-state index is -0.418. The van der Waals surface area contributed by atoms with Crippen molar-refractivity contribution in [2.24, 2.45) is 0 Å². The Hall–Kier alpha value is -2.55. The van der Waals surface area contributed by atoms with Crippen LogP contribution >= 0.6 is 35.6 Å². The monoisotopic (exact) mass is 531 g/mol. The van der Waals surface area contributed by atoms with Gasteiger partial charge in [0.15, 0.2) is 11.5 Å². The van der Waals surface area contributed by atoms with E-state index in [1.807, 2.05) is 30.3 Å². The molecule has 2 aliphatic rings. The highest BCUT2D eigenvalue weighted by Gasteiger charge is 2.34. The van der Waals surface area contributed by atoms with Gasteiger partial charge in [0.25, 0.3) is 5.91 Å². The third kappa shape index (κ3) is 6.78. The molecule has 9 heteroatoms. The first-order chi connectivity index (χ1) is 16.9. The van der Waals surface area contributed by atoms with Gasteiger partial charge in [-0.2, -0.15) is 0 Å². The fourth-order valence-corrected chi connectivity index (χ4v) is 5.34. The molecule has 0 bridgehead atoms. The highest BCUT2D eigenvalue weighted by molar-refractivity contribution is 8.26. The minimum Gasteiger partial charge on any atom is -0.493 e. The summed E-state index contributed by atoms with van der Waals surface area (Å²) in [5, 5.41) is 0.669. The number of methoxy groups -OCH3 is 1. The molecule has 1 heterocycles. The molecule has 184 valence electrons. The zero-order valence-electron chi connectivity index (χ0n) is 19.3. The van der Waals surface area contributed by atoms with E-state index in [-0.39, 0.29) is 18.6 Å². The van der Waals surface area contributed by atoms with Crippen molar-refractivity contribution in [2.45, 2.75) is 44.8 Å². The Balaban J connectivity index is 1.39. The SMILES string of the molecule is COc1cc(/C=C2\SC(=S)N(CC(=O)OC3CCCCC3)C2=O)ccc1OCc1ccc(Cl)cc1. The molecule has 2 aromatic rings. The lowest BCUT2D eigenvalue weighted by Crippen LogP contribution is -2.36. The van der Waals surface area contributed by atoms with Gasteiger partial charge in [0.05, 0.1) is 12.0 Å². The van der Waals surface area contributed by atoms with Crippen LogP contribution in [0.5, 0.6) is 11.5 Å². The Bertz CT molecular complexity index is 1130. The largest absolute Gasteiger partial charge is 0.493 e. The second-order valence-corrected chi connectivity index (χ2v) is 10.5. The molecule has 0 aromatic heterocycles. The number of amides is 1. The molecule has 1 saturated heterocycles. The number of carbonyl (C=O) groups is 2. The van der Waals surface area contributed by atoms with Crippen LogP contribution in [0.1, 0.15) is 43.2 Å². The maximum absolute atomic E-state index is 12.9. The Morgan fingerprint density at radius 1 is 1.14 bits per heavy atom. The molecular weight excluding hydrogens is 506 g/mol. The van der Waals surface area contributed by atoms with E-state index >= 15 is 0 Å².